The van der Waals surface area contributed by atoms with Crippen molar-refractivity contribution in [1.29, 1.82) is 5.26 Å². The minimum Gasteiger partial charge on any atom is -0.335 e. The van der Waals surface area contributed by atoms with E-state index in [2.05, 4.69) is 13.0 Å². The van der Waals surface area contributed by atoms with Gasteiger partial charge in [0.2, 0.25) is 5.91 Å². The Bertz CT molecular complexity index is 454. The van der Waals surface area contributed by atoms with Gasteiger partial charge in [-0.3, -0.25) is 4.79 Å². The molecule has 0 saturated carbocycles. The average molecular weight is 242 g/mol. The highest BCUT2D eigenvalue weighted by atomic mass is 16.2. The Morgan fingerprint density at radius 2 is 2.06 bits per heavy atom. The quantitative estimate of drug-likeness (QED) is 0.745. The van der Waals surface area contributed by atoms with Crippen molar-refractivity contribution in [3.63, 3.8) is 0 Å². The molecule has 0 aromatic heterocycles. The number of nitriles is 1. The fraction of sp³-hybridized carbons (Fsp3) is 0.333. The van der Waals surface area contributed by atoms with Crippen molar-refractivity contribution < 1.29 is 4.79 Å². The summed E-state index contributed by atoms with van der Waals surface area (Å²) in [6, 6.07) is 9.42. The van der Waals surface area contributed by atoms with Crippen LogP contribution in [0.2, 0.25) is 0 Å². The van der Waals surface area contributed by atoms with E-state index in [1.54, 1.807) is 29.2 Å². The SMILES string of the molecule is C/C=C/C(=O)N(CCC)Cc1ccc(C#N)cc1. The van der Waals surface area contributed by atoms with E-state index in [1.165, 1.54) is 0 Å². The monoisotopic (exact) mass is 242 g/mol. The van der Waals surface area contributed by atoms with Crippen LogP contribution >= 0.6 is 0 Å². The molecule has 1 amide bonds. The van der Waals surface area contributed by atoms with Crippen LogP contribution in [0.5, 0.6) is 0 Å². The first kappa shape index (κ1) is 14.0. The molecule has 3 nitrogen and oxygen atoms in total. The summed E-state index contributed by atoms with van der Waals surface area (Å²) in [5, 5.41) is 8.73. The standard InChI is InChI=1S/C15H18N2O/c1-3-5-15(18)17(10-4-2)12-14-8-6-13(11-16)7-9-14/h3,5-9H,4,10,12H2,1-2H3/b5-3+. The van der Waals surface area contributed by atoms with Crippen molar-refractivity contribution in [3.8, 4) is 6.07 Å². The second kappa shape index (κ2) is 7.29. The molecule has 94 valence electrons. The second-order valence-electron chi connectivity index (χ2n) is 4.07. The average Bonchev–Trinajstić information content (AvgIpc) is 2.39. The van der Waals surface area contributed by atoms with E-state index in [9.17, 15) is 4.79 Å². The zero-order valence-corrected chi connectivity index (χ0v) is 10.9. The largest absolute Gasteiger partial charge is 0.335 e. The highest BCUT2D eigenvalue weighted by molar-refractivity contribution is 5.87. The predicted molar refractivity (Wildman–Crippen MR) is 71.7 cm³/mol. The zero-order chi connectivity index (χ0) is 13.4. The van der Waals surface area contributed by atoms with Crippen LogP contribution in [0.1, 0.15) is 31.4 Å². The molecule has 18 heavy (non-hydrogen) atoms. The molecule has 0 N–H and O–H groups in total. The first-order valence-corrected chi connectivity index (χ1v) is 6.12. The number of hydrogen-bond donors (Lipinski definition) is 0. The van der Waals surface area contributed by atoms with Crippen LogP contribution in [0, 0.1) is 11.3 Å². The van der Waals surface area contributed by atoms with Crippen molar-refractivity contribution in [2.45, 2.75) is 26.8 Å². The molecule has 0 atom stereocenters. The van der Waals surface area contributed by atoms with Gasteiger partial charge >= 0.3 is 0 Å². The number of amides is 1. The van der Waals surface area contributed by atoms with E-state index in [0.717, 1.165) is 18.5 Å². The van der Waals surface area contributed by atoms with Crippen LogP contribution < -0.4 is 0 Å². The van der Waals surface area contributed by atoms with E-state index in [0.29, 0.717) is 12.1 Å². The Morgan fingerprint density at radius 3 is 2.56 bits per heavy atom. The summed E-state index contributed by atoms with van der Waals surface area (Å²) in [4.78, 5) is 13.7. The van der Waals surface area contributed by atoms with Crippen LogP contribution in [-0.2, 0) is 11.3 Å². The van der Waals surface area contributed by atoms with Crippen molar-refractivity contribution in [1.82, 2.24) is 4.90 Å². The van der Waals surface area contributed by atoms with Crippen LogP contribution in [0.4, 0.5) is 0 Å². The highest BCUT2D eigenvalue weighted by Gasteiger charge is 2.09. The smallest absolute Gasteiger partial charge is 0.246 e. The topological polar surface area (TPSA) is 44.1 Å². The molecule has 0 fully saturated rings. The van der Waals surface area contributed by atoms with Gasteiger partial charge in [0, 0.05) is 13.1 Å². The first-order chi connectivity index (χ1) is 8.71. The Labute approximate surface area is 108 Å². The summed E-state index contributed by atoms with van der Waals surface area (Å²) >= 11 is 0. The molecular formula is C15H18N2O. The van der Waals surface area contributed by atoms with Crippen molar-refractivity contribution in [3.05, 3.63) is 47.5 Å². The first-order valence-electron chi connectivity index (χ1n) is 6.12. The summed E-state index contributed by atoms with van der Waals surface area (Å²) in [5.41, 5.74) is 1.68. The van der Waals surface area contributed by atoms with Gasteiger partial charge in [0.1, 0.15) is 0 Å². The Balaban J connectivity index is 2.76. The van der Waals surface area contributed by atoms with Crippen LogP contribution in [0.15, 0.2) is 36.4 Å². The normalized spacial score (nSPS) is 10.3. The molecule has 0 aliphatic rings. The third-order valence-electron chi connectivity index (χ3n) is 2.57. The van der Waals surface area contributed by atoms with E-state index in [-0.39, 0.29) is 5.91 Å². The van der Waals surface area contributed by atoms with Gasteiger partial charge in [0.05, 0.1) is 11.6 Å². The minimum atomic E-state index is 0.0312. The van der Waals surface area contributed by atoms with Gasteiger partial charge in [-0.15, -0.1) is 0 Å². The number of carbonyl (C=O) groups excluding carboxylic acids is 1. The summed E-state index contributed by atoms with van der Waals surface area (Å²) in [6.45, 7) is 5.21. The van der Waals surface area contributed by atoms with Crippen molar-refractivity contribution in [2.24, 2.45) is 0 Å². The van der Waals surface area contributed by atoms with Gasteiger partial charge in [0.15, 0.2) is 0 Å². The summed E-state index contributed by atoms with van der Waals surface area (Å²) in [6.07, 6.45) is 4.27. The Morgan fingerprint density at radius 1 is 1.39 bits per heavy atom. The number of benzene rings is 1. The lowest BCUT2D eigenvalue weighted by Gasteiger charge is -2.20. The minimum absolute atomic E-state index is 0.0312. The van der Waals surface area contributed by atoms with E-state index in [4.69, 9.17) is 5.26 Å². The molecule has 0 aliphatic carbocycles. The highest BCUT2D eigenvalue weighted by Crippen LogP contribution is 2.08. The van der Waals surface area contributed by atoms with E-state index in [1.807, 2.05) is 19.1 Å². The lowest BCUT2D eigenvalue weighted by atomic mass is 10.1. The van der Waals surface area contributed by atoms with Crippen molar-refractivity contribution in [2.75, 3.05) is 6.54 Å². The molecule has 0 unspecified atom stereocenters. The molecule has 1 rings (SSSR count). The van der Waals surface area contributed by atoms with Gasteiger partial charge < -0.3 is 4.90 Å². The van der Waals surface area contributed by atoms with Gasteiger partial charge in [0.25, 0.3) is 0 Å². The summed E-state index contributed by atoms with van der Waals surface area (Å²) in [7, 11) is 0. The van der Waals surface area contributed by atoms with Crippen LogP contribution in [0.3, 0.4) is 0 Å². The molecule has 0 saturated heterocycles. The summed E-state index contributed by atoms with van der Waals surface area (Å²) in [5.74, 6) is 0.0312. The molecular weight excluding hydrogens is 224 g/mol. The van der Waals surface area contributed by atoms with Crippen LogP contribution in [-0.4, -0.2) is 17.4 Å². The van der Waals surface area contributed by atoms with Gasteiger partial charge in [-0.25, -0.2) is 0 Å². The maximum absolute atomic E-state index is 11.8. The van der Waals surface area contributed by atoms with E-state index < -0.39 is 0 Å². The van der Waals surface area contributed by atoms with Gasteiger partial charge in [-0.1, -0.05) is 25.1 Å². The number of carbonyl (C=O) groups is 1. The molecule has 1 aromatic carbocycles. The number of rotatable bonds is 5. The maximum Gasteiger partial charge on any atom is 0.246 e. The Kier molecular flexibility index (Phi) is 5.66. The molecule has 0 radical (unpaired) electrons. The molecule has 0 spiro atoms. The van der Waals surface area contributed by atoms with Gasteiger partial charge in [-0.2, -0.15) is 5.26 Å². The van der Waals surface area contributed by atoms with Crippen molar-refractivity contribution >= 4 is 5.91 Å². The molecule has 0 bridgehead atoms. The Hall–Kier alpha value is -2.08. The zero-order valence-electron chi connectivity index (χ0n) is 10.9. The molecule has 1 aromatic rings. The summed E-state index contributed by atoms with van der Waals surface area (Å²) < 4.78 is 0. The van der Waals surface area contributed by atoms with Crippen LogP contribution in [0.25, 0.3) is 0 Å². The number of hydrogen-bond acceptors (Lipinski definition) is 2. The molecule has 3 heteroatoms. The molecule has 0 aliphatic heterocycles. The molecule has 0 heterocycles. The third-order valence-corrected chi connectivity index (χ3v) is 2.57. The third kappa shape index (κ3) is 4.06. The lowest BCUT2D eigenvalue weighted by molar-refractivity contribution is -0.126. The van der Waals surface area contributed by atoms with Gasteiger partial charge in [-0.05, 0) is 37.1 Å². The second-order valence-corrected chi connectivity index (χ2v) is 4.07. The number of allylic oxidation sites excluding steroid dienone is 1. The predicted octanol–water partition coefficient (Wildman–Crippen LogP) is 2.87. The lowest BCUT2D eigenvalue weighted by Crippen LogP contribution is -2.29. The fourth-order valence-electron chi connectivity index (χ4n) is 1.69. The van der Waals surface area contributed by atoms with E-state index >= 15 is 0 Å². The maximum atomic E-state index is 11.8. The fourth-order valence-corrected chi connectivity index (χ4v) is 1.69. The number of nitrogens with zero attached hydrogens (tertiary/aromatic N) is 2.